The van der Waals surface area contributed by atoms with Crippen molar-refractivity contribution in [1.82, 2.24) is 9.55 Å². The van der Waals surface area contributed by atoms with Gasteiger partial charge in [0.2, 0.25) is 0 Å². The summed E-state index contributed by atoms with van der Waals surface area (Å²) in [6, 6.07) is 86.1. The molecule has 3 heteroatoms. The van der Waals surface area contributed by atoms with Gasteiger partial charge in [-0.25, -0.2) is 4.98 Å². The normalized spacial score (nSPS) is 14.0. The van der Waals surface area contributed by atoms with Gasteiger partial charge in [-0.2, -0.15) is 0 Å². The van der Waals surface area contributed by atoms with Crippen molar-refractivity contribution in [2.75, 3.05) is 4.90 Å². The van der Waals surface area contributed by atoms with Crippen LogP contribution in [0.1, 0.15) is 49.9 Å². The molecule has 0 amide bonds. The van der Waals surface area contributed by atoms with E-state index in [1.54, 1.807) is 0 Å². The van der Waals surface area contributed by atoms with E-state index in [0.29, 0.717) is 0 Å². The Balaban J connectivity index is 0.923. The molecule has 14 aromatic rings. The van der Waals surface area contributed by atoms with Gasteiger partial charge in [-0.05, 0) is 153 Å². The maximum absolute atomic E-state index is 5.33. The van der Waals surface area contributed by atoms with Crippen LogP contribution < -0.4 is 4.90 Å². The minimum atomic E-state index is -0.371. The second kappa shape index (κ2) is 15.6. The lowest BCUT2D eigenvalue weighted by molar-refractivity contribution is 0.660. The van der Waals surface area contributed by atoms with Crippen molar-refractivity contribution in [1.29, 1.82) is 0 Å². The first-order valence-electron chi connectivity index (χ1n) is 26.7. The third-order valence-corrected chi connectivity index (χ3v) is 17.5. The molecule has 16 rings (SSSR count). The third kappa shape index (κ3) is 5.91. The Bertz CT molecular complexity index is 4800. The summed E-state index contributed by atoms with van der Waals surface area (Å²) in [6.07, 6.45) is 1.98. The third-order valence-electron chi connectivity index (χ3n) is 17.5. The van der Waals surface area contributed by atoms with E-state index in [1.807, 2.05) is 6.20 Å². The highest BCUT2D eigenvalue weighted by molar-refractivity contribution is 6.28. The van der Waals surface area contributed by atoms with Gasteiger partial charge in [-0.1, -0.05) is 210 Å². The number of nitrogens with zero attached hydrogens (tertiary/aromatic N) is 3. The summed E-state index contributed by atoms with van der Waals surface area (Å²) in [5, 5.41) is 15.0. The topological polar surface area (TPSA) is 21.1 Å². The maximum atomic E-state index is 5.33. The Hall–Kier alpha value is -9.31. The lowest BCUT2D eigenvalue weighted by Crippen LogP contribution is -2.17. The first-order valence-corrected chi connectivity index (χ1v) is 26.7. The minimum absolute atomic E-state index is 0.0841. The first kappa shape index (κ1) is 43.1. The zero-order valence-corrected chi connectivity index (χ0v) is 42.9. The molecule has 0 aliphatic heterocycles. The molecule has 0 N–H and O–H groups in total. The minimum Gasteiger partial charge on any atom is -0.310 e. The van der Waals surface area contributed by atoms with Crippen LogP contribution in [-0.2, 0) is 10.8 Å². The summed E-state index contributed by atoms with van der Waals surface area (Å²) < 4.78 is 2.51. The summed E-state index contributed by atoms with van der Waals surface area (Å²) in [7, 11) is 0. The Labute approximate surface area is 441 Å². The van der Waals surface area contributed by atoms with Gasteiger partial charge < -0.3 is 4.90 Å². The highest BCUT2D eigenvalue weighted by Gasteiger charge is 2.41. The summed E-state index contributed by atoms with van der Waals surface area (Å²) in [4.78, 5) is 7.77. The zero-order valence-electron chi connectivity index (χ0n) is 42.9. The number of anilines is 3. The number of rotatable bonds is 5. The van der Waals surface area contributed by atoms with Crippen LogP contribution in [0.3, 0.4) is 0 Å². The van der Waals surface area contributed by atoms with Gasteiger partial charge in [0.05, 0.1) is 11.0 Å². The van der Waals surface area contributed by atoms with Crippen LogP contribution in [0.15, 0.2) is 237 Å². The molecule has 3 nitrogen and oxygen atoms in total. The predicted molar refractivity (Wildman–Crippen MR) is 321 cm³/mol. The largest absolute Gasteiger partial charge is 0.310 e. The monoisotopic (exact) mass is 969 g/mol. The average Bonchev–Trinajstić information content (AvgIpc) is 4.13. The fourth-order valence-electron chi connectivity index (χ4n) is 14.1. The number of benzene rings is 12. The fraction of sp³-hybridized carbons (Fsp3) is 0.0822. The molecule has 0 radical (unpaired) electrons. The Morgan fingerprint density at radius 1 is 0.355 bits per heavy atom. The molecule has 2 aliphatic rings. The molecular weight excluding hydrogens is 919 g/mol. The van der Waals surface area contributed by atoms with Crippen molar-refractivity contribution < 1.29 is 0 Å². The number of pyridine rings is 1. The van der Waals surface area contributed by atoms with Crippen LogP contribution in [-0.4, -0.2) is 9.55 Å². The van der Waals surface area contributed by atoms with Crippen molar-refractivity contribution in [2.24, 2.45) is 0 Å². The van der Waals surface area contributed by atoms with Crippen LogP contribution in [0, 0.1) is 0 Å². The smallest absolute Gasteiger partial charge is 0.145 e. The van der Waals surface area contributed by atoms with Gasteiger partial charge in [0.15, 0.2) is 0 Å². The number of fused-ring (bicyclic) bond motifs is 19. The van der Waals surface area contributed by atoms with E-state index in [9.17, 15) is 0 Å². The molecule has 76 heavy (non-hydrogen) atoms. The molecule has 0 spiro atoms. The van der Waals surface area contributed by atoms with Crippen molar-refractivity contribution in [2.45, 2.75) is 38.5 Å². The summed E-state index contributed by atoms with van der Waals surface area (Å²) in [5.74, 6) is 0.939. The molecule has 0 saturated carbocycles. The van der Waals surface area contributed by atoms with E-state index < -0.39 is 0 Å². The average molecular weight is 970 g/mol. The highest BCUT2D eigenvalue weighted by Crippen LogP contribution is 2.57. The van der Waals surface area contributed by atoms with E-state index in [1.165, 1.54) is 109 Å². The first-order chi connectivity index (χ1) is 37.2. The van der Waals surface area contributed by atoms with Gasteiger partial charge in [0.1, 0.15) is 5.82 Å². The van der Waals surface area contributed by atoms with Gasteiger partial charge >= 0.3 is 0 Å². The van der Waals surface area contributed by atoms with E-state index in [4.69, 9.17) is 4.98 Å². The van der Waals surface area contributed by atoms with Crippen LogP contribution in [0.25, 0.3) is 115 Å². The Morgan fingerprint density at radius 3 is 1.76 bits per heavy atom. The van der Waals surface area contributed by atoms with E-state index in [2.05, 4.69) is 268 Å². The lowest BCUT2D eigenvalue weighted by Gasteiger charge is -2.28. The van der Waals surface area contributed by atoms with Crippen molar-refractivity contribution >= 4 is 92.7 Å². The maximum Gasteiger partial charge on any atom is 0.145 e. The number of hydrogen-bond acceptors (Lipinski definition) is 2. The van der Waals surface area contributed by atoms with Crippen molar-refractivity contribution in [3.63, 3.8) is 0 Å². The molecule has 0 bridgehead atoms. The molecule has 0 saturated heterocycles. The van der Waals surface area contributed by atoms with Crippen LogP contribution in [0.5, 0.6) is 0 Å². The van der Waals surface area contributed by atoms with Gasteiger partial charge in [0, 0.05) is 50.2 Å². The Kier molecular flexibility index (Phi) is 8.86. The summed E-state index contributed by atoms with van der Waals surface area (Å²) >= 11 is 0. The van der Waals surface area contributed by atoms with Gasteiger partial charge in [-0.3, -0.25) is 4.57 Å². The molecule has 0 unspecified atom stereocenters. The predicted octanol–water partition coefficient (Wildman–Crippen LogP) is 19.7. The van der Waals surface area contributed by atoms with E-state index in [0.717, 1.165) is 44.9 Å². The highest BCUT2D eigenvalue weighted by atomic mass is 15.1. The second-order valence-corrected chi connectivity index (χ2v) is 22.3. The molecule has 0 fully saturated rings. The molecule has 2 aromatic heterocycles. The Morgan fingerprint density at radius 2 is 0.947 bits per heavy atom. The van der Waals surface area contributed by atoms with Crippen molar-refractivity contribution in [3.05, 3.63) is 259 Å². The molecule has 0 atom stereocenters. The van der Waals surface area contributed by atoms with Crippen molar-refractivity contribution in [3.8, 4) is 39.2 Å². The quantitative estimate of drug-likeness (QED) is 0.160. The number of aromatic nitrogens is 2. The zero-order chi connectivity index (χ0) is 50.6. The molecular formula is C73H51N3. The van der Waals surface area contributed by atoms with E-state index >= 15 is 0 Å². The van der Waals surface area contributed by atoms with Crippen LogP contribution in [0.4, 0.5) is 17.1 Å². The van der Waals surface area contributed by atoms with Gasteiger partial charge in [0.25, 0.3) is 0 Å². The fourth-order valence-corrected chi connectivity index (χ4v) is 14.1. The molecule has 2 aliphatic carbocycles. The molecule has 12 aromatic carbocycles. The standard InChI is InChI=1S/C73H51N3/c1-72(2)64-27-14-13-25-56(64)63-43-51(31-37-65(63)72)75(50-30-28-44-16-5-6-18-46(44)40-50)49-20-15-19-47(41-49)48-29-32-57-62-36-35-61-60-34-33-59-55-24-10-9-22-53(55)54-23-11-12-26-58(54)67(59)68(60)73(3,4)69(61)70(62)76(66(57)42-48)71-52-21-8-7-17-45(52)38-39-74-71/h5-43H,1-4H3. The van der Waals surface area contributed by atoms with Crippen LogP contribution in [0.2, 0.25) is 0 Å². The SMILES string of the molecule is CC1(C)c2ccccc2-c2cc(N(c3cccc(-c4ccc5c6ccc7c(c6n(-c6nccc8ccccc68)c5c4)C(C)(C)c4c-7ccc5c6ccccc6c6ccccc6c45)c3)c3ccc4ccccc4c3)ccc21. The second-order valence-electron chi connectivity index (χ2n) is 22.3. The number of hydrogen-bond donors (Lipinski definition) is 0. The van der Waals surface area contributed by atoms with Gasteiger partial charge in [-0.15, -0.1) is 0 Å². The molecule has 358 valence electrons. The van der Waals surface area contributed by atoms with Crippen LogP contribution >= 0.6 is 0 Å². The van der Waals surface area contributed by atoms with E-state index in [-0.39, 0.29) is 10.8 Å². The molecule has 2 heterocycles. The lowest BCUT2D eigenvalue weighted by atomic mass is 9.78. The summed E-state index contributed by atoms with van der Waals surface area (Å²) in [6.45, 7) is 9.62. The summed E-state index contributed by atoms with van der Waals surface area (Å²) in [5.41, 5.74) is 18.2.